The van der Waals surface area contributed by atoms with E-state index in [-0.39, 0.29) is 23.3 Å². The lowest BCUT2D eigenvalue weighted by Crippen LogP contribution is -2.70. The van der Waals surface area contributed by atoms with Gasteiger partial charge in [0.1, 0.15) is 11.4 Å². The summed E-state index contributed by atoms with van der Waals surface area (Å²) in [5.74, 6) is -0.508. The van der Waals surface area contributed by atoms with Crippen LogP contribution < -0.4 is 0 Å². The van der Waals surface area contributed by atoms with Crippen LogP contribution in [0.4, 0.5) is 0 Å². The van der Waals surface area contributed by atoms with Crippen molar-refractivity contribution in [3.63, 3.8) is 0 Å². The predicted octanol–water partition coefficient (Wildman–Crippen LogP) is 7.60. The van der Waals surface area contributed by atoms with Gasteiger partial charge in [0.05, 0.1) is 5.41 Å². The van der Waals surface area contributed by atoms with Gasteiger partial charge < -0.3 is 4.74 Å². The topological polar surface area (TPSA) is 60.4 Å². The van der Waals surface area contributed by atoms with Crippen LogP contribution >= 0.6 is 0 Å². The van der Waals surface area contributed by atoms with Crippen molar-refractivity contribution in [2.24, 2.45) is 22.2 Å². The largest absolute Gasteiger partial charge is 0.491 e. The number of carbonyl (C=O) groups excluding carboxylic acids is 3. The molecule has 0 spiro atoms. The molecule has 0 radical (unpaired) electrons. The smallest absolute Gasteiger partial charge is 0.184 e. The minimum absolute atomic E-state index is 0.0648. The highest BCUT2D eigenvalue weighted by Gasteiger charge is 2.75. The Bertz CT molecular complexity index is 1220. The van der Waals surface area contributed by atoms with E-state index in [1.165, 1.54) is 5.57 Å². The van der Waals surface area contributed by atoms with Crippen LogP contribution in [-0.4, -0.2) is 23.0 Å². The van der Waals surface area contributed by atoms with Crippen LogP contribution in [0.3, 0.4) is 0 Å². The third-order valence-electron chi connectivity index (χ3n) is 9.08. The SMILES string of the molecule is CC(C)=CC[C@@H]1C[C@]2(CC=C(C)C)C(=O)C(C(=O)c3ccccc3)(C(=O)C3=C2OC(C)(C)CC3)C1(C)C. The predicted molar refractivity (Wildman–Crippen MR) is 147 cm³/mol. The Hall–Kier alpha value is -2.75. The standard InChI is InChI=1S/C33H42O4/c1-21(2)14-15-24-20-32(19-16-22(3)4)28-25(17-18-30(5,6)37-28)27(35)33(29(32)36,31(24,7)8)26(34)23-12-10-9-11-13-23/h9-14,16,24H,15,17-20H2,1-8H3/t24-,32+,33?/m1/s1. The second-order valence-corrected chi connectivity index (χ2v) is 13.0. The number of carbonyl (C=O) groups is 3. The van der Waals surface area contributed by atoms with Crippen molar-refractivity contribution in [1.29, 1.82) is 0 Å². The molecule has 2 bridgehead atoms. The molecule has 4 rings (SSSR count). The first-order valence-corrected chi connectivity index (χ1v) is 13.6. The fourth-order valence-corrected chi connectivity index (χ4v) is 6.78. The van der Waals surface area contributed by atoms with Crippen molar-refractivity contribution in [2.45, 2.75) is 93.1 Å². The lowest BCUT2D eigenvalue weighted by molar-refractivity contribution is -0.170. The minimum Gasteiger partial charge on any atom is -0.491 e. The Morgan fingerprint density at radius 2 is 1.59 bits per heavy atom. The van der Waals surface area contributed by atoms with E-state index < -0.39 is 21.8 Å². The fraction of sp³-hybridized carbons (Fsp3) is 0.545. The number of Topliss-reactive ketones (excluding diaryl/α,β-unsaturated/α-hetero) is 3. The molecular formula is C33H42O4. The molecule has 0 aromatic heterocycles. The number of hydrogen-bond donors (Lipinski definition) is 0. The quantitative estimate of drug-likeness (QED) is 0.228. The van der Waals surface area contributed by atoms with E-state index >= 15 is 4.79 Å². The van der Waals surface area contributed by atoms with Gasteiger partial charge in [-0.05, 0) is 85.0 Å². The second kappa shape index (κ2) is 9.22. The molecule has 3 atom stereocenters. The molecular weight excluding hydrogens is 460 g/mol. The maximum Gasteiger partial charge on any atom is 0.184 e. The zero-order valence-electron chi connectivity index (χ0n) is 23.8. The van der Waals surface area contributed by atoms with Crippen LogP contribution in [0.5, 0.6) is 0 Å². The number of hydrogen-bond acceptors (Lipinski definition) is 4. The van der Waals surface area contributed by atoms with Crippen molar-refractivity contribution in [3.8, 4) is 0 Å². The van der Waals surface area contributed by atoms with Gasteiger partial charge in [0.2, 0.25) is 0 Å². The Labute approximate surface area is 222 Å². The van der Waals surface area contributed by atoms with E-state index in [4.69, 9.17) is 4.74 Å². The Morgan fingerprint density at radius 1 is 0.973 bits per heavy atom. The third-order valence-corrected chi connectivity index (χ3v) is 9.08. The summed E-state index contributed by atoms with van der Waals surface area (Å²) in [6.45, 7) is 16.1. The third kappa shape index (κ3) is 4.08. The average Bonchev–Trinajstić information content (AvgIpc) is 2.82. The first-order chi connectivity index (χ1) is 17.2. The maximum absolute atomic E-state index is 15.1. The molecule has 4 nitrogen and oxygen atoms in total. The lowest BCUT2D eigenvalue weighted by Gasteiger charge is -2.61. The summed E-state index contributed by atoms with van der Waals surface area (Å²) in [5.41, 5.74) is -0.938. The van der Waals surface area contributed by atoms with Gasteiger partial charge in [0.25, 0.3) is 0 Å². The lowest BCUT2D eigenvalue weighted by atomic mass is 9.39. The van der Waals surface area contributed by atoms with Crippen LogP contribution in [0.25, 0.3) is 0 Å². The van der Waals surface area contributed by atoms with Gasteiger partial charge in [-0.25, -0.2) is 0 Å². The van der Waals surface area contributed by atoms with Crippen LogP contribution in [0, 0.1) is 22.2 Å². The number of ether oxygens (including phenoxy) is 1. The first kappa shape index (κ1) is 27.3. The minimum atomic E-state index is -1.79. The summed E-state index contributed by atoms with van der Waals surface area (Å²) in [6.07, 6.45) is 7.13. The molecule has 0 saturated heterocycles. The molecule has 1 fully saturated rings. The van der Waals surface area contributed by atoms with Crippen LogP contribution in [0.15, 0.2) is 65.0 Å². The van der Waals surface area contributed by atoms with Gasteiger partial charge >= 0.3 is 0 Å². The number of allylic oxidation sites excluding steroid dienone is 6. The summed E-state index contributed by atoms with van der Waals surface area (Å²) in [7, 11) is 0. The Kier molecular flexibility index (Phi) is 6.80. The van der Waals surface area contributed by atoms with E-state index in [9.17, 15) is 9.59 Å². The van der Waals surface area contributed by atoms with E-state index in [0.29, 0.717) is 49.0 Å². The summed E-state index contributed by atoms with van der Waals surface area (Å²) < 4.78 is 6.59. The molecule has 0 amide bonds. The molecule has 1 aromatic rings. The summed E-state index contributed by atoms with van der Waals surface area (Å²) >= 11 is 0. The molecule has 0 N–H and O–H groups in total. The van der Waals surface area contributed by atoms with Crippen LogP contribution in [-0.2, 0) is 14.3 Å². The summed E-state index contributed by atoms with van der Waals surface area (Å²) in [5, 5.41) is 0. The molecule has 1 heterocycles. The monoisotopic (exact) mass is 502 g/mol. The van der Waals surface area contributed by atoms with Gasteiger partial charge in [0.15, 0.2) is 22.8 Å². The fourth-order valence-electron chi connectivity index (χ4n) is 6.78. The molecule has 3 aliphatic rings. The zero-order valence-corrected chi connectivity index (χ0v) is 23.8. The molecule has 37 heavy (non-hydrogen) atoms. The van der Waals surface area contributed by atoms with Crippen LogP contribution in [0.2, 0.25) is 0 Å². The van der Waals surface area contributed by atoms with Gasteiger partial charge in [-0.2, -0.15) is 0 Å². The van der Waals surface area contributed by atoms with E-state index in [1.807, 2.05) is 47.6 Å². The number of fused-ring (bicyclic) bond motifs is 3. The highest BCUT2D eigenvalue weighted by atomic mass is 16.5. The van der Waals surface area contributed by atoms with E-state index in [1.54, 1.807) is 24.3 Å². The normalized spacial score (nSPS) is 29.7. The Balaban J connectivity index is 2.08. The summed E-state index contributed by atoms with van der Waals surface area (Å²) in [4.78, 5) is 44.4. The highest BCUT2D eigenvalue weighted by Crippen LogP contribution is 2.67. The second-order valence-electron chi connectivity index (χ2n) is 13.0. The van der Waals surface area contributed by atoms with Gasteiger partial charge in [-0.1, -0.05) is 67.5 Å². The molecule has 198 valence electrons. The Morgan fingerprint density at radius 3 is 2.19 bits per heavy atom. The number of benzene rings is 1. The molecule has 1 unspecified atom stereocenters. The molecule has 1 aliphatic heterocycles. The molecule has 2 aliphatic carbocycles. The van der Waals surface area contributed by atoms with Crippen molar-refractivity contribution < 1.29 is 19.1 Å². The van der Waals surface area contributed by atoms with Gasteiger partial charge in [0, 0.05) is 11.1 Å². The first-order valence-electron chi connectivity index (χ1n) is 13.6. The average molecular weight is 503 g/mol. The molecule has 4 heteroatoms. The highest BCUT2D eigenvalue weighted by molar-refractivity contribution is 6.36. The molecule has 1 aromatic carbocycles. The van der Waals surface area contributed by atoms with Crippen molar-refractivity contribution in [1.82, 2.24) is 0 Å². The zero-order chi connectivity index (χ0) is 27.4. The number of ketones is 3. The van der Waals surface area contributed by atoms with Crippen molar-refractivity contribution in [2.75, 3.05) is 0 Å². The van der Waals surface area contributed by atoms with Crippen molar-refractivity contribution >= 4 is 17.3 Å². The molecule has 1 saturated carbocycles. The summed E-state index contributed by atoms with van der Waals surface area (Å²) in [6, 6.07) is 8.90. The van der Waals surface area contributed by atoms with Crippen LogP contribution in [0.1, 0.15) is 97.9 Å². The van der Waals surface area contributed by atoms with E-state index in [2.05, 4.69) is 26.0 Å². The van der Waals surface area contributed by atoms with Gasteiger partial charge in [-0.3, -0.25) is 14.4 Å². The number of rotatable bonds is 6. The van der Waals surface area contributed by atoms with Crippen molar-refractivity contribution in [3.05, 3.63) is 70.5 Å². The van der Waals surface area contributed by atoms with Gasteiger partial charge in [-0.15, -0.1) is 0 Å². The maximum atomic E-state index is 15.1. The van der Waals surface area contributed by atoms with E-state index in [0.717, 1.165) is 5.57 Å².